The zero-order chi connectivity index (χ0) is 22.7. The average Bonchev–Trinajstić information content (AvgIpc) is 2.98. The molecule has 2 N–H and O–H groups in total. The number of carbonyl (C=O) groups is 2. The number of quaternary nitrogens is 1. The smallest absolute Gasteiger partial charge is 0.295 e. The van der Waals surface area contributed by atoms with Crippen LogP contribution in [-0.2, 0) is 9.59 Å². The second kappa shape index (κ2) is 9.31. The average molecular weight is 427 g/mol. The number of rotatable bonds is 7. The van der Waals surface area contributed by atoms with Crippen molar-refractivity contribution in [2.75, 3.05) is 34.3 Å². The molecule has 31 heavy (non-hydrogen) atoms. The fourth-order valence-electron chi connectivity index (χ4n) is 3.88. The lowest BCUT2D eigenvalue weighted by molar-refractivity contribution is -0.858. The van der Waals surface area contributed by atoms with E-state index in [1.165, 1.54) is 21.9 Å². The first-order valence-electron chi connectivity index (χ1n) is 10.2. The van der Waals surface area contributed by atoms with Crippen LogP contribution in [-0.4, -0.2) is 56.0 Å². The van der Waals surface area contributed by atoms with E-state index in [4.69, 9.17) is 4.74 Å². The number of halogens is 1. The maximum Gasteiger partial charge on any atom is 0.295 e. The number of Topliss-reactive ketones (excluding diaryl/α,β-unsaturated/α-hetero) is 1. The highest BCUT2D eigenvalue weighted by Crippen LogP contribution is 2.40. The van der Waals surface area contributed by atoms with Gasteiger partial charge in [0.2, 0.25) is 0 Å². The standard InChI is InChI=1S/C24H27FN2O4/c1-15-14-18(31-4)10-11-19(15)22(28)20-21(16-6-8-17(25)9-7-16)27(24(30)23(20)29)13-5-12-26(2)3/h6-11,14,21,28H,5,12-13H2,1-4H3/p+1/b22-20+/t21-/m1/s1. The van der Waals surface area contributed by atoms with Gasteiger partial charge in [0.25, 0.3) is 11.7 Å². The Morgan fingerprint density at radius 2 is 1.84 bits per heavy atom. The Morgan fingerprint density at radius 3 is 2.42 bits per heavy atom. The van der Waals surface area contributed by atoms with Crippen molar-refractivity contribution >= 4 is 17.4 Å². The number of aliphatic hydroxyl groups is 1. The summed E-state index contributed by atoms with van der Waals surface area (Å²) in [7, 11) is 5.57. The molecule has 1 saturated heterocycles. The first kappa shape index (κ1) is 22.5. The van der Waals surface area contributed by atoms with E-state index in [0.717, 1.165) is 6.54 Å². The van der Waals surface area contributed by atoms with Crippen LogP contribution in [0.15, 0.2) is 48.0 Å². The normalized spacial score (nSPS) is 18.1. The summed E-state index contributed by atoms with van der Waals surface area (Å²) < 4.78 is 18.7. The van der Waals surface area contributed by atoms with E-state index in [-0.39, 0.29) is 11.3 Å². The minimum Gasteiger partial charge on any atom is -0.507 e. The predicted molar refractivity (Wildman–Crippen MR) is 115 cm³/mol. The van der Waals surface area contributed by atoms with Gasteiger partial charge >= 0.3 is 0 Å². The third-order valence-electron chi connectivity index (χ3n) is 5.49. The largest absolute Gasteiger partial charge is 0.507 e. The number of nitrogens with zero attached hydrogens (tertiary/aromatic N) is 1. The van der Waals surface area contributed by atoms with E-state index in [2.05, 4.69) is 0 Å². The van der Waals surface area contributed by atoms with Crippen molar-refractivity contribution in [1.29, 1.82) is 0 Å². The quantitative estimate of drug-likeness (QED) is 0.403. The van der Waals surface area contributed by atoms with Gasteiger partial charge in [-0.2, -0.15) is 0 Å². The molecule has 7 heteroatoms. The van der Waals surface area contributed by atoms with Crippen LogP contribution in [0.3, 0.4) is 0 Å². The van der Waals surface area contributed by atoms with Crippen LogP contribution in [0, 0.1) is 12.7 Å². The molecule has 2 aromatic carbocycles. The lowest BCUT2D eigenvalue weighted by Gasteiger charge is -2.25. The molecular formula is C24H28FN2O4+. The molecule has 3 rings (SSSR count). The van der Waals surface area contributed by atoms with Crippen LogP contribution in [0.2, 0.25) is 0 Å². The minimum absolute atomic E-state index is 0.0158. The number of hydrogen-bond donors (Lipinski definition) is 2. The first-order chi connectivity index (χ1) is 14.7. The highest BCUT2D eigenvalue weighted by Gasteiger charge is 2.46. The van der Waals surface area contributed by atoms with Gasteiger partial charge in [0, 0.05) is 18.5 Å². The lowest BCUT2D eigenvalue weighted by atomic mass is 9.94. The van der Waals surface area contributed by atoms with Crippen LogP contribution in [0.4, 0.5) is 4.39 Å². The molecule has 0 bridgehead atoms. The summed E-state index contributed by atoms with van der Waals surface area (Å²) in [6, 6.07) is 9.99. The van der Waals surface area contributed by atoms with Crippen molar-refractivity contribution in [1.82, 2.24) is 4.90 Å². The van der Waals surface area contributed by atoms with Crippen LogP contribution >= 0.6 is 0 Å². The number of methoxy groups -OCH3 is 1. The number of carbonyl (C=O) groups excluding carboxylic acids is 2. The fourth-order valence-corrected chi connectivity index (χ4v) is 3.88. The van der Waals surface area contributed by atoms with Gasteiger partial charge in [0.1, 0.15) is 17.3 Å². The van der Waals surface area contributed by atoms with E-state index in [1.54, 1.807) is 44.4 Å². The van der Waals surface area contributed by atoms with E-state index in [9.17, 15) is 19.1 Å². The number of benzene rings is 2. The van der Waals surface area contributed by atoms with Crippen LogP contribution < -0.4 is 9.64 Å². The maximum atomic E-state index is 13.5. The lowest BCUT2D eigenvalue weighted by Crippen LogP contribution is -3.05. The van der Waals surface area contributed by atoms with Gasteiger partial charge < -0.3 is 19.6 Å². The molecule has 0 aliphatic carbocycles. The van der Waals surface area contributed by atoms with Crippen molar-refractivity contribution in [3.05, 3.63) is 70.5 Å². The number of amides is 1. The second-order valence-corrected chi connectivity index (χ2v) is 8.04. The number of nitrogens with one attached hydrogen (secondary N) is 1. The number of aliphatic hydroxyl groups excluding tert-OH is 1. The molecule has 1 heterocycles. The Hall–Kier alpha value is -3.19. The summed E-state index contributed by atoms with van der Waals surface area (Å²) in [4.78, 5) is 28.6. The van der Waals surface area contributed by atoms with Crippen molar-refractivity contribution in [2.45, 2.75) is 19.4 Å². The molecular weight excluding hydrogens is 399 g/mol. The van der Waals surface area contributed by atoms with Crippen molar-refractivity contribution < 1.29 is 28.7 Å². The zero-order valence-corrected chi connectivity index (χ0v) is 18.2. The number of aryl methyl sites for hydroxylation is 1. The molecule has 0 saturated carbocycles. The zero-order valence-electron chi connectivity index (χ0n) is 18.2. The Balaban J connectivity index is 2.11. The number of ether oxygens (including phenoxy) is 1. The molecule has 0 aromatic heterocycles. The van der Waals surface area contributed by atoms with Gasteiger partial charge in [0.15, 0.2) is 0 Å². The summed E-state index contributed by atoms with van der Waals surface area (Å²) >= 11 is 0. The topological polar surface area (TPSA) is 71.3 Å². The summed E-state index contributed by atoms with van der Waals surface area (Å²) in [5.74, 6) is -1.43. The Labute approximate surface area is 181 Å². The maximum absolute atomic E-state index is 13.5. The SMILES string of the molecule is COc1ccc(/C(O)=C2\C(=O)C(=O)N(CCC[NH+](C)C)[C@@H]2c2ccc(F)cc2)c(C)c1. The molecule has 1 aliphatic rings. The minimum atomic E-state index is -0.778. The van der Waals surface area contributed by atoms with Gasteiger partial charge in [-0.05, 0) is 48.4 Å². The summed E-state index contributed by atoms with van der Waals surface area (Å²) in [5.41, 5.74) is 1.74. The highest BCUT2D eigenvalue weighted by molar-refractivity contribution is 6.46. The molecule has 6 nitrogen and oxygen atoms in total. The second-order valence-electron chi connectivity index (χ2n) is 8.04. The molecule has 0 spiro atoms. The van der Waals surface area contributed by atoms with Crippen molar-refractivity contribution in [3.8, 4) is 5.75 Å². The third-order valence-corrected chi connectivity index (χ3v) is 5.49. The molecule has 2 aromatic rings. The highest BCUT2D eigenvalue weighted by atomic mass is 19.1. The molecule has 164 valence electrons. The first-order valence-corrected chi connectivity index (χ1v) is 10.2. The van der Waals surface area contributed by atoms with Crippen molar-refractivity contribution in [2.24, 2.45) is 0 Å². The van der Waals surface area contributed by atoms with E-state index in [0.29, 0.717) is 35.4 Å². The summed E-state index contributed by atoms with van der Waals surface area (Å²) in [6.45, 7) is 2.97. The summed E-state index contributed by atoms with van der Waals surface area (Å²) in [5, 5.41) is 11.1. The number of likely N-dealkylation sites (tertiary alicyclic amines) is 1. The van der Waals surface area contributed by atoms with Crippen LogP contribution in [0.5, 0.6) is 5.75 Å². The third kappa shape index (κ3) is 4.61. The molecule has 1 aliphatic heterocycles. The van der Waals surface area contributed by atoms with Crippen molar-refractivity contribution in [3.63, 3.8) is 0 Å². The van der Waals surface area contributed by atoms with Gasteiger partial charge in [-0.3, -0.25) is 9.59 Å². The van der Waals surface area contributed by atoms with Crippen LogP contribution in [0.25, 0.3) is 5.76 Å². The Morgan fingerprint density at radius 1 is 1.16 bits per heavy atom. The molecule has 1 atom stereocenters. The Kier molecular flexibility index (Phi) is 6.75. The Bertz CT molecular complexity index is 1010. The fraction of sp³-hybridized carbons (Fsp3) is 0.333. The monoisotopic (exact) mass is 427 g/mol. The van der Waals surface area contributed by atoms with Gasteiger partial charge in [0.05, 0.1) is 39.4 Å². The van der Waals surface area contributed by atoms with Gasteiger partial charge in [-0.15, -0.1) is 0 Å². The molecule has 1 fully saturated rings. The van der Waals surface area contributed by atoms with Gasteiger partial charge in [-0.1, -0.05) is 12.1 Å². The van der Waals surface area contributed by atoms with Gasteiger partial charge in [-0.25, -0.2) is 4.39 Å². The van der Waals surface area contributed by atoms with E-state index >= 15 is 0 Å². The predicted octanol–water partition coefficient (Wildman–Crippen LogP) is 2.10. The number of hydrogen-bond acceptors (Lipinski definition) is 4. The van der Waals surface area contributed by atoms with E-state index in [1.807, 2.05) is 14.1 Å². The summed E-state index contributed by atoms with van der Waals surface area (Å²) in [6.07, 6.45) is 0.689. The molecule has 0 radical (unpaired) electrons. The molecule has 1 amide bonds. The van der Waals surface area contributed by atoms with E-state index < -0.39 is 23.5 Å². The van der Waals surface area contributed by atoms with Crippen LogP contribution in [0.1, 0.15) is 29.2 Å². The number of ketones is 1. The molecule has 0 unspecified atom stereocenters.